The molecule has 0 radical (unpaired) electrons. The predicted octanol–water partition coefficient (Wildman–Crippen LogP) is 5.12. The monoisotopic (exact) mass is 404 g/mol. The maximum absolute atomic E-state index is 13.2. The highest BCUT2D eigenvalue weighted by Crippen LogP contribution is 2.43. The fraction of sp³-hybridized carbons (Fsp3) is 0.167. The van der Waals surface area contributed by atoms with Crippen LogP contribution in [0.4, 0.5) is 9.18 Å². The summed E-state index contributed by atoms with van der Waals surface area (Å²) < 4.78 is 13.2. The second-order valence-corrected chi connectivity index (χ2v) is 7.18. The third kappa shape index (κ3) is 3.95. The first-order chi connectivity index (χ1) is 14.5. The highest BCUT2D eigenvalue weighted by Gasteiger charge is 2.42. The number of carbonyl (C=O) groups is 1. The molecule has 0 saturated heterocycles. The van der Waals surface area contributed by atoms with Crippen LogP contribution in [0.25, 0.3) is 0 Å². The molecule has 1 heterocycles. The zero-order valence-corrected chi connectivity index (χ0v) is 16.1. The Morgan fingerprint density at radius 1 is 0.933 bits per heavy atom. The summed E-state index contributed by atoms with van der Waals surface area (Å²) in [5.41, 5.74) is 2.22. The van der Waals surface area contributed by atoms with Gasteiger partial charge in [0.15, 0.2) is 0 Å². The Morgan fingerprint density at radius 2 is 1.50 bits per heavy atom. The van der Waals surface area contributed by atoms with Crippen LogP contribution < -0.4 is 0 Å². The summed E-state index contributed by atoms with van der Waals surface area (Å²) in [4.78, 5) is 18.2. The summed E-state index contributed by atoms with van der Waals surface area (Å²) in [6.45, 7) is 0. The summed E-state index contributed by atoms with van der Waals surface area (Å²) in [6, 6.07) is 23.4. The topological polar surface area (TPSA) is 73.1 Å². The van der Waals surface area contributed by atoms with E-state index in [1.165, 1.54) is 29.2 Å². The predicted molar refractivity (Wildman–Crippen MR) is 112 cm³/mol. The van der Waals surface area contributed by atoms with Gasteiger partial charge in [-0.25, -0.2) is 9.18 Å². The van der Waals surface area contributed by atoms with Crippen molar-refractivity contribution in [3.63, 3.8) is 0 Å². The second kappa shape index (κ2) is 8.47. The Kier molecular flexibility index (Phi) is 5.59. The van der Waals surface area contributed by atoms with Gasteiger partial charge in [0.05, 0.1) is 12.1 Å². The molecule has 2 N–H and O–H groups in total. The van der Waals surface area contributed by atoms with Gasteiger partial charge in [-0.15, -0.1) is 0 Å². The van der Waals surface area contributed by atoms with Crippen molar-refractivity contribution in [1.29, 1.82) is 0 Å². The van der Waals surface area contributed by atoms with Gasteiger partial charge in [-0.05, 0) is 28.8 Å². The van der Waals surface area contributed by atoms with E-state index in [0.29, 0.717) is 5.56 Å². The van der Waals surface area contributed by atoms with Gasteiger partial charge in [0.2, 0.25) is 0 Å². The number of hydrogen-bond donors (Lipinski definition) is 2. The number of nitrogens with zero attached hydrogens (tertiary/aromatic N) is 2. The summed E-state index contributed by atoms with van der Waals surface area (Å²) in [7, 11) is 0. The fourth-order valence-electron chi connectivity index (χ4n) is 3.84. The SMILES string of the molecule is O=C(O)N1C(CC(O)c2ccc(F)cc2)=NC(c2ccccc2)C1c1ccccc1. The molecule has 0 fully saturated rings. The first-order valence-corrected chi connectivity index (χ1v) is 9.67. The van der Waals surface area contributed by atoms with E-state index in [0.717, 1.165) is 11.1 Å². The van der Waals surface area contributed by atoms with E-state index in [4.69, 9.17) is 4.99 Å². The fourth-order valence-corrected chi connectivity index (χ4v) is 3.84. The zero-order chi connectivity index (χ0) is 21.1. The molecule has 3 atom stereocenters. The lowest BCUT2D eigenvalue weighted by Gasteiger charge is -2.27. The smallest absolute Gasteiger partial charge is 0.413 e. The van der Waals surface area contributed by atoms with Crippen molar-refractivity contribution in [3.05, 3.63) is 107 Å². The van der Waals surface area contributed by atoms with Gasteiger partial charge in [-0.1, -0.05) is 72.8 Å². The number of hydrogen-bond acceptors (Lipinski definition) is 3. The van der Waals surface area contributed by atoms with Crippen molar-refractivity contribution < 1.29 is 19.4 Å². The average Bonchev–Trinajstić information content (AvgIpc) is 3.15. The Bertz CT molecular complexity index is 1040. The third-order valence-corrected chi connectivity index (χ3v) is 5.26. The molecule has 1 aliphatic rings. The number of rotatable bonds is 5. The van der Waals surface area contributed by atoms with Gasteiger partial charge < -0.3 is 10.2 Å². The van der Waals surface area contributed by atoms with Gasteiger partial charge >= 0.3 is 6.09 Å². The number of benzene rings is 3. The van der Waals surface area contributed by atoms with Crippen molar-refractivity contribution in [1.82, 2.24) is 4.90 Å². The second-order valence-electron chi connectivity index (χ2n) is 7.18. The van der Waals surface area contributed by atoms with Crippen LogP contribution in [0.2, 0.25) is 0 Å². The molecule has 6 heteroatoms. The molecule has 0 aromatic heterocycles. The quantitative estimate of drug-likeness (QED) is 0.620. The zero-order valence-electron chi connectivity index (χ0n) is 16.1. The summed E-state index contributed by atoms with van der Waals surface area (Å²) in [5, 5.41) is 20.7. The van der Waals surface area contributed by atoms with E-state index in [1.54, 1.807) is 0 Å². The van der Waals surface area contributed by atoms with Crippen LogP contribution in [0.15, 0.2) is 89.9 Å². The maximum atomic E-state index is 13.2. The number of halogens is 1. The number of amidine groups is 1. The lowest BCUT2D eigenvalue weighted by Crippen LogP contribution is -2.36. The largest absolute Gasteiger partial charge is 0.465 e. The van der Waals surface area contributed by atoms with Gasteiger partial charge in [0.1, 0.15) is 17.7 Å². The number of aliphatic hydroxyl groups excluding tert-OH is 1. The van der Waals surface area contributed by atoms with Crippen LogP contribution in [0.3, 0.4) is 0 Å². The van der Waals surface area contributed by atoms with E-state index < -0.39 is 30.1 Å². The molecular weight excluding hydrogens is 383 g/mol. The minimum atomic E-state index is -1.13. The van der Waals surface area contributed by atoms with Crippen LogP contribution in [-0.4, -0.2) is 27.0 Å². The van der Waals surface area contributed by atoms with E-state index in [-0.39, 0.29) is 12.3 Å². The molecular formula is C24H21FN2O3. The Labute approximate surface area is 173 Å². The average molecular weight is 404 g/mol. The van der Waals surface area contributed by atoms with Gasteiger partial charge in [0.25, 0.3) is 0 Å². The highest BCUT2D eigenvalue weighted by molar-refractivity contribution is 5.97. The molecule has 0 aliphatic carbocycles. The summed E-state index contributed by atoms with van der Waals surface area (Å²) in [5.74, 6) is -0.119. The number of aliphatic imine (C=N–C) groups is 1. The van der Waals surface area contributed by atoms with Gasteiger partial charge in [-0.2, -0.15) is 0 Å². The van der Waals surface area contributed by atoms with E-state index >= 15 is 0 Å². The minimum Gasteiger partial charge on any atom is -0.465 e. The molecule has 0 saturated carbocycles. The molecule has 30 heavy (non-hydrogen) atoms. The summed E-state index contributed by atoms with van der Waals surface area (Å²) >= 11 is 0. The lowest BCUT2D eigenvalue weighted by molar-refractivity contribution is 0.151. The van der Waals surface area contributed by atoms with Crippen LogP contribution >= 0.6 is 0 Å². The standard InChI is InChI=1S/C24H21FN2O3/c25-19-13-11-16(12-14-19)20(28)15-21-26-22(17-7-3-1-4-8-17)23(27(21)24(29)30)18-9-5-2-6-10-18/h1-14,20,22-23,28H,15H2,(H,29,30). The number of amides is 1. The molecule has 0 spiro atoms. The molecule has 4 rings (SSSR count). The van der Waals surface area contributed by atoms with E-state index in [2.05, 4.69) is 0 Å². The Balaban J connectivity index is 1.72. The third-order valence-electron chi connectivity index (χ3n) is 5.26. The van der Waals surface area contributed by atoms with E-state index in [1.807, 2.05) is 60.7 Å². The molecule has 3 unspecified atom stereocenters. The van der Waals surface area contributed by atoms with Crippen molar-refractivity contribution in [3.8, 4) is 0 Å². The van der Waals surface area contributed by atoms with Gasteiger partial charge in [0, 0.05) is 6.42 Å². The van der Waals surface area contributed by atoms with Crippen LogP contribution in [-0.2, 0) is 0 Å². The summed E-state index contributed by atoms with van der Waals surface area (Å²) in [6.07, 6.45) is -2.13. The molecule has 0 bridgehead atoms. The molecule has 1 aliphatic heterocycles. The van der Waals surface area contributed by atoms with Crippen LogP contribution in [0, 0.1) is 5.82 Å². The van der Waals surface area contributed by atoms with Crippen LogP contribution in [0.5, 0.6) is 0 Å². The first kappa shape index (κ1) is 19.8. The molecule has 3 aromatic carbocycles. The van der Waals surface area contributed by atoms with Crippen molar-refractivity contribution in [2.75, 3.05) is 0 Å². The molecule has 3 aromatic rings. The molecule has 5 nitrogen and oxygen atoms in total. The minimum absolute atomic E-state index is 0.00456. The maximum Gasteiger partial charge on any atom is 0.413 e. The number of carboxylic acid groups (broad SMARTS) is 1. The van der Waals surface area contributed by atoms with Crippen molar-refractivity contribution in [2.24, 2.45) is 4.99 Å². The van der Waals surface area contributed by atoms with Gasteiger partial charge in [-0.3, -0.25) is 9.89 Å². The Morgan fingerprint density at radius 3 is 2.07 bits per heavy atom. The Hall–Kier alpha value is -3.51. The molecule has 152 valence electrons. The van der Waals surface area contributed by atoms with Crippen molar-refractivity contribution >= 4 is 11.9 Å². The lowest BCUT2D eigenvalue weighted by atomic mass is 9.94. The molecule has 1 amide bonds. The van der Waals surface area contributed by atoms with Crippen molar-refractivity contribution in [2.45, 2.75) is 24.6 Å². The first-order valence-electron chi connectivity index (χ1n) is 9.67. The van der Waals surface area contributed by atoms with E-state index in [9.17, 15) is 19.4 Å². The highest BCUT2D eigenvalue weighted by atomic mass is 19.1. The van der Waals surface area contributed by atoms with Crippen LogP contribution in [0.1, 0.15) is 41.3 Å². The normalized spacial score (nSPS) is 19.4. The number of aliphatic hydroxyl groups is 1.